The first-order valence-electron chi connectivity index (χ1n) is 7.40. The summed E-state index contributed by atoms with van der Waals surface area (Å²) in [5.41, 5.74) is -0.500. The van der Waals surface area contributed by atoms with E-state index in [-0.39, 0.29) is 12.3 Å². The van der Waals surface area contributed by atoms with Gasteiger partial charge in [-0.25, -0.2) is 0 Å². The van der Waals surface area contributed by atoms with Gasteiger partial charge in [0, 0.05) is 11.1 Å². The van der Waals surface area contributed by atoms with Crippen LogP contribution in [0.5, 0.6) is 17.2 Å². The first kappa shape index (κ1) is 16.9. The highest BCUT2D eigenvalue weighted by Crippen LogP contribution is 2.40. The van der Waals surface area contributed by atoms with Gasteiger partial charge in [0.1, 0.15) is 13.2 Å². The van der Waals surface area contributed by atoms with Crippen LogP contribution in [0.25, 0.3) is 0 Å². The molecular formula is C16H21NO6. The molecular weight excluding hydrogens is 302 g/mol. The lowest BCUT2D eigenvalue weighted by Crippen LogP contribution is -2.47. The predicted molar refractivity (Wildman–Crippen MR) is 82.4 cm³/mol. The topological polar surface area (TPSA) is 94.1 Å². The third-order valence-corrected chi connectivity index (χ3v) is 3.83. The fourth-order valence-corrected chi connectivity index (χ4v) is 2.34. The normalized spacial score (nSPS) is 15.4. The second-order valence-electron chi connectivity index (χ2n) is 5.64. The second kappa shape index (κ2) is 6.76. The SMILES string of the molecule is CC[C@](C)(CC(=O)O)NC(=O)c1cc(OC)c2c(c1)OCCO2. The largest absolute Gasteiger partial charge is 0.493 e. The van der Waals surface area contributed by atoms with Crippen molar-refractivity contribution < 1.29 is 28.9 Å². The summed E-state index contributed by atoms with van der Waals surface area (Å²) in [5.74, 6) is -0.0275. The molecule has 1 heterocycles. The summed E-state index contributed by atoms with van der Waals surface area (Å²) in [6, 6.07) is 3.13. The van der Waals surface area contributed by atoms with Crippen LogP contribution in [0.2, 0.25) is 0 Å². The molecule has 1 amide bonds. The molecule has 0 saturated carbocycles. The molecule has 0 aromatic heterocycles. The van der Waals surface area contributed by atoms with E-state index < -0.39 is 11.5 Å². The number of rotatable bonds is 6. The van der Waals surface area contributed by atoms with Crippen molar-refractivity contribution in [3.05, 3.63) is 17.7 Å². The number of hydrogen-bond donors (Lipinski definition) is 2. The van der Waals surface area contributed by atoms with Crippen molar-refractivity contribution in [3.63, 3.8) is 0 Å². The molecule has 1 aliphatic heterocycles. The molecule has 1 aliphatic rings. The lowest BCUT2D eigenvalue weighted by molar-refractivity contribution is -0.138. The molecule has 126 valence electrons. The minimum Gasteiger partial charge on any atom is -0.493 e. The number of ether oxygens (including phenoxy) is 3. The van der Waals surface area contributed by atoms with Crippen LogP contribution in [0.15, 0.2) is 12.1 Å². The number of benzene rings is 1. The Balaban J connectivity index is 2.27. The smallest absolute Gasteiger partial charge is 0.305 e. The van der Waals surface area contributed by atoms with E-state index in [0.717, 1.165) is 0 Å². The van der Waals surface area contributed by atoms with Crippen LogP contribution in [-0.4, -0.2) is 42.8 Å². The van der Waals surface area contributed by atoms with Crippen molar-refractivity contribution in [2.45, 2.75) is 32.2 Å². The van der Waals surface area contributed by atoms with Gasteiger partial charge >= 0.3 is 5.97 Å². The summed E-state index contributed by atoms with van der Waals surface area (Å²) in [4.78, 5) is 23.5. The number of methoxy groups -OCH3 is 1. The van der Waals surface area contributed by atoms with E-state index in [1.165, 1.54) is 7.11 Å². The highest BCUT2D eigenvalue weighted by molar-refractivity contribution is 5.96. The van der Waals surface area contributed by atoms with E-state index in [9.17, 15) is 9.59 Å². The minimum absolute atomic E-state index is 0.156. The number of carboxylic acids is 1. The van der Waals surface area contributed by atoms with Crippen LogP contribution in [0.4, 0.5) is 0 Å². The molecule has 2 N–H and O–H groups in total. The van der Waals surface area contributed by atoms with Crippen LogP contribution in [0.1, 0.15) is 37.0 Å². The quantitative estimate of drug-likeness (QED) is 0.829. The van der Waals surface area contributed by atoms with Gasteiger partial charge in [-0.1, -0.05) is 6.92 Å². The average molecular weight is 323 g/mol. The standard InChI is InChI=1S/C16H21NO6/c1-4-16(2,9-13(18)19)17-15(20)10-7-11(21-3)14-12(8-10)22-5-6-23-14/h7-8H,4-6,9H2,1-3H3,(H,17,20)(H,18,19)/t16-/m1/s1. The summed E-state index contributed by atoms with van der Waals surface area (Å²) < 4.78 is 16.2. The molecule has 0 unspecified atom stereocenters. The Kier molecular flexibility index (Phi) is 4.98. The van der Waals surface area contributed by atoms with E-state index in [4.69, 9.17) is 19.3 Å². The van der Waals surface area contributed by atoms with E-state index in [1.54, 1.807) is 19.1 Å². The van der Waals surface area contributed by atoms with Gasteiger partial charge in [0.2, 0.25) is 5.75 Å². The highest BCUT2D eigenvalue weighted by atomic mass is 16.6. The maximum Gasteiger partial charge on any atom is 0.305 e. The fourth-order valence-electron chi connectivity index (χ4n) is 2.34. The Morgan fingerprint density at radius 3 is 2.65 bits per heavy atom. The van der Waals surface area contributed by atoms with Crippen molar-refractivity contribution in [2.75, 3.05) is 20.3 Å². The van der Waals surface area contributed by atoms with Crippen molar-refractivity contribution in [1.82, 2.24) is 5.32 Å². The molecule has 0 radical (unpaired) electrons. The number of carboxylic acid groups (broad SMARTS) is 1. The molecule has 0 spiro atoms. The zero-order valence-electron chi connectivity index (χ0n) is 13.5. The Morgan fingerprint density at radius 1 is 1.35 bits per heavy atom. The summed E-state index contributed by atoms with van der Waals surface area (Å²) >= 11 is 0. The molecule has 7 heteroatoms. The molecule has 1 aromatic carbocycles. The van der Waals surface area contributed by atoms with Gasteiger partial charge in [-0.05, 0) is 25.5 Å². The van der Waals surface area contributed by atoms with Gasteiger partial charge in [0.15, 0.2) is 11.5 Å². The number of hydrogen-bond acceptors (Lipinski definition) is 5. The van der Waals surface area contributed by atoms with E-state index >= 15 is 0 Å². The van der Waals surface area contributed by atoms with Gasteiger partial charge < -0.3 is 24.6 Å². The number of aliphatic carboxylic acids is 1. The molecule has 1 atom stereocenters. The summed E-state index contributed by atoms with van der Waals surface area (Å²) in [6.45, 7) is 4.34. The Labute approximate surface area is 134 Å². The van der Waals surface area contributed by atoms with Crippen molar-refractivity contribution in [3.8, 4) is 17.2 Å². The maximum absolute atomic E-state index is 12.5. The Hall–Kier alpha value is -2.44. The highest BCUT2D eigenvalue weighted by Gasteiger charge is 2.29. The molecule has 1 aromatic rings. The molecule has 2 rings (SSSR count). The molecule has 0 aliphatic carbocycles. The third-order valence-electron chi connectivity index (χ3n) is 3.83. The van der Waals surface area contributed by atoms with Gasteiger partial charge in [-0.2, -0.15) is 0 Å². The Bertz CT molecular complexity index is 598. The molecule has 0 fully saturated rings. The van der Waals surface area contributed by atoms with Crippen molar-refractivity contribution in [1.29, 1.82) is 0 Å². The van der Waals surface area contributed by atoms with Crippen molar-refractivity contribution in [2.24, 2.45) is 0 Å². The third kappa shape index (κ3) is 3.85. The van der Waals surface area contributed by atoms with Crippen LogP contribution in [0.3, 0.4) is 0 Å². The van der Waals surface area contributed by atoms with E-state index in [0.29, 0.717) is 42.4 Å². The molecule has 0 saturated heterocycles. The predicted octanol–water partition coefficient (Wildman–Crippen LogP) is 1.84. The van der Waals surface area contributed by atoms with Gasteiger partial charge in [0.05, 0.1) is 13.5 Å². The zero-order valence-corrected chi connectivity index (χ0v) is 13.5. The second-order valence-corrected chi connectivity index (χ2v) is 5.64. The number of carbonyl (C=O) groups excluding carboxylic acids is 1. The van der Waals surface area contributed by atoms with Crippen molar-refractivity contribution >= 4 is 11.9 Å². The van der Waals surface area contributed by atoms with Gasteiger partial charge in [-0.3, -0.25) is 9.59 Å². The van der Waals surface area contributed by atoms with Gasteiger partial charge in [0.25, 0.3) is 5.91 Å². The molecule has 0 bridgehead atoms. The fraction of sp³-hybridized carbons (Fsp3) is 0.500. The van der Waals surface area contributed by atoms with E-state index in [1.807, 2.05) is 6.92 Å². The maximum atomic E-state index is 12.5. The Morgan fingerprint density at radius 2 is 2.04 bits per heavy atom. The summed E-state index contributed by atoms with van der Waals surface area (Å²) in [5, 5.41) is 11.8. The average Bonchev–Trinajstić information content (AvgIpc) is 2.52. The summed E-state index contributed by atoms with van der Waals surface area (Å²) in [6.07, 6.45) is 0.337. The minimum atomic E-state index is -0.964. The van der Waals surface area contributed by atoms with Crippen LogP contribution in [-0.2, 0) is 4.79 Å². The monoisotopic (exact) mass is 323 g/mol. The lowest BCUT2D eigenvalue weighted by atomic mass is 9.94. The van der Waals surface area contributed by atoms with Crippen LogP contribution >= 0.6 is 0 Å². The van der Waals surface area contributed by atoms with Crippen LogP contribution < -0.4 is 19.5 Å². The number of amides is 1. The number of carbonyl (C=O) groups is 2. The first-order valence-corrected chi connectivity index (χ1v) is 7.40. The molecule has 23 heavy (non-hydrogen) atoms. The van der Waals surface area contributed by atoms with Gasteiger partial charge in [-0.15, -0.1) is 0 Å². The lowest BCUT2D eigenvalue weighted by Gasteiger charge is -2.28. The van der Waals surface area contributed by atoms with E-state index in [2.05, 4.69) is 5.32 Å². The van der Waals surface area contributed by atoms with Crippen LogP contribution in [0, 0.1) is 0 Å². The first-order chi connectivity index (χ1) is 10.9. The molecule has 7 nitrogen and oxygen atoms in total. The number of nitrogens with one attached hydrogen (secondary N) is 1. The zero-order chi connectivity index (χ0) is 17.0. The number of fused-ring (bicyclic) bond motifs is 1. The summed E-state index contributed by atoms with van der Waals surface area (Å²) in [7, 11) is 1.48.